The Bertz CT molecular complexity index is 532. The molecule has 0 radical (unpaired) electrons. The molecule has 2 aromatic rings. The molecule has 94 valence electrons. The molecule has 0 saturated carbocycles. The van der Waals surface area contributed by atoms with E-state index in [9.17, 15) is 0 Å². The Morgan fingerprint density at radius 3 is 2.67 bits per heavy atom. The highest BCUT2D eigenvalue weighted by Crippen LogP contribution is 2.27. The predicted octanol–water partition coefficient (Wildman–Crippen LogP) is 3.47. The molecule has 2 heteroatoms. The fraction of sp³-hybridized carbons (Fsp3) is 0.312. The van der Waals surface area contributed by atoms with Gasteiger partial charge >= 0.3 is 0 Å². The van der Waals surface area contributed by atoms with Crippen LogP contribution in [0.15, 0.2) is 36.7 Å². The molecule has 1 aromatic carbocycles. The molecule has 1 aromatic heterocycles. The quantitative estimate of drug-likeness (QED) is 0.885. The maximum Gasteiger partial charge on any atom is 0.0349 e. The Morgan fingerprint density at radius 2 is 1.94 bits per heavy atom. The van der Waals surface area contributed by atoms with E-state index < -0.39 is 0 Å². The minimum atomic E-state index is 0.903. The Kier molecular flexibility index (Phi) is 4.11. The Hall–Kier alpha value is -1.67. The van der Waals surface area contributed by atoms with Crippen molar-refractivity contribution in [2.45, 2.75) is 27.3 Å². The van der Waals surface area contributed by atoms with Crippen molar-refractivity contribution in [3.63, 3.8) is 0 Å². The Balaban J connectivity index is 2.48. The molecule has 0 spiro atoms. The lowest BCUT2D eigenvalue weighted by Gasteiger charge is -2.13. The van der Waals surface area contributed by atoms with Crippen LogP contribution in [0.25, 0.3) is 11.1 Å². The van der Waals surface area contributed by atoms with Crippen LogP contribution in [0.5, 0.6) is 0 Å². The van der Waals surface area contributed by atoms with Crippen LogP contribution in [0, 0.1) is 13.8 Å². The van der Waals surface area contributed by atoms with Crippen molar-refractivity contribution in [2.75, 3.05) is 6.54 Å². The number of pyridine rings is 1. The monoisotopic (exact) mass is 240 g/mol. The summed E-state index contributed by atoms with van der Waals surface area (Å²) in [6.45, 7) is 8.28. The SMILES string of the molecule is CCNCc1ccc(C)cc1-c1cnccc1C. The van der Waals surface area contributed by atoms with E-state index in [1.807, 2.05) is 12.4 Å². The lowest BCUT2D eigenvalue weighted by molar-refractivity contribution is 0.727. The van der Waals surface area contributed by atoms with Gasteiger partial charge < -0.3 is 5.32 Å². The van der Waals surface area contributed by atoms with Crippen molar-refractivity contribution in [1.29, 1.82) is 0 Å². The molecule has 0 atom stereocenters. The lowest BCUT2D eigenvalue weighted by atomic mass is 9.96. The molecule has 1 heterocycles. The number of aryl methyl sites for hydroxylation is 2. The summed E-state index contributed by atoms with van der Waals surface area (Å²) in [4.78, 5) is 4.25. The maximum atomic E-state index is 4.25. The molecule has 0 bridgehead atoms. The zero-order valence-corrected chi connectivity index (χ0v) is 11.3. The van der Waals surface area contributed by atoms with Gasteiger partial charge in [0.15, 0.2) is 0 Å². The van der Waals surface area contributed by atoms with Gasteiger partial charge in [-0.15, -0.1) is 0 Å². The molecule has 0 aliphatic carbocycles. The average Bonchev–Trinajstić information content (AvgIpc) is 2.38. The number of nitrogens with one attached hydrogen (secondary N) is 1. The van der Waals surface area contributed by atoms with Gasteiger partial charge in [0.1, 0.15) is 0 Å². The fourth-order valence-electron chi connectivity index (χ4n) is 2.10. The summed E-state index contributed by atoms with van der Waals surface area (Å²) in [6, 6.07) is 8.69. The number of hydrogen-bond acceptors (Lipinski definition) is 2. The van der Waals surface area contributed by atoms with E-state index in [0.717, 1.165) is 13.1 Å². The molecule has 0 aliphatic heterocycles. The van der Waals surface area contributed by atoms with E-state index in [-0.39, 0.29) is 0 Å². The minimum absolute atomic E-state index is 0.903. The molecule has 0 fully saturated rings. The third kappa shape index (κ3) is 2.77. The first-order valence-corrected chi connectivity index (χ1v) is 6.43. The van der Waals surface area contributed by atoms with Crippen LogP contribution in [0.2, 0.25) is 0 Å². The van der Waals surface area contributed by atoms with Gasteiger partial charge in [-0.1, -0.05) is 30.7 Å². The van der Waals surface area contributed by atoms with Crippen molar-refractivity contribution < 1.29 is 0 Å². The number of benzene rings is 1. The van der Waals surface area contributed by atoms with Crippen LogP contribution in [0.4, 0.5) is 0 Å². The molecule has 18 heavy (non-hydrogen) atoms. The topological polar surface area (TPSA) is 24.9 Å². The van der Waals surface area contributed by atoms with Crippen molar-refractivity contribution in [3.8, 4) is 11.1 Å². The van der Waals surface area contributed by atoms with E-state index in [1.165, 1.54) is 27.8 Å². The number of aromatic nitrogens is 1. The van der Waals surface area contributed by atoms with Gasteiger partial charge in [-0.2, -0.15) is 0 Å². The van der Waals surface area contributed by atoms with Gasteiger partial charge in [0.05, 0.1) is 0 Å². The van der Waals surface area contributed by atoms with Crippen LogP contribution < -0.4 is 5.32 Å². The Labute approximate surface area is 109 Å². The number of rotatable bonds is 4. The van der Waals surface area contributed by atoms with Crippen LogP contribution in [0.3, 0.4) is 0 Å². The zero-order chi connectivity index (χ0) is 13.0. The average molecular weight is 240 g/mol. The second-order valence-corrected chi connectivity index (χ2v) is 4.63. The van der Waals surface area contributed by atoms with E-state index >= 15 is 0 Å². The van der Waals surface area contributed by atoms with E-state index in [2.05, 4.69) is 55.3 Å². The highest BCUT2D eigenvalue weighted by Gasteiger charge is 2.07. The Morgan fingerprint density at radius 1 is 1.11 bits per heavy atom. The standard InChI is InChI=1S/C16H20N2/c1-4-17-10-14-6-5-12(2)9-15(14)16-11-18-8-7-13(16)3/h5-9,11,17H,4,10H2,1-3H3. The maximum absolute atomic E-state index is 4.25. The molecule has 0 unspecified atom stereocenters. The third-order valence-corrected chi connectivity index (χ3v) is 3.16. The predicted molar refractivity (Wildman–Crippen MR) is 76.5 cm³/mol. The first-order valence-electron chi connectivity index (χ1n) is 6.43. The zero-order valence-electron chi connectivity index (χ0n) is 11.3. The smallest absolute Gasteiger partial charge is 0.0349 e. The highest BCUT2D eigenvalue weighted by atomic mass is 14.8. The minimum Gasteiger partial charge on any atom is -0.313 e. The summed E-state index contributed by atoms with van der Waals surface area (Å²) in [6.07, 6.45) is 3.80. The van der Waals surface area contributed by atoms with Gasteiger partial charge in [-0.3, -0.25) is 4.98 Å². The molecule has 0 aliphatic rings. The summed E-state index contributed by atoms with van der Waals surface area (Å²) in [5.41, 5.74) is 6.41. The van der Waals surface area contributed by atoms with Crippen molar-refractivity contribution >= 4 is 0 Å². The molecule has 1 N–H and O–H groups in total. The molecule has 2 rings (SSSR count). The van der Waals surface area contributed by atoms with Gasteiger partial charge in [-0.05, 0) is 43.1 Å². The van der Waals surface area contributed by atoms with E-state index in [0.29, 0.717) is 0 Å². The van der Waals surface area contributed by atoms with Crippen LogP contribution in [0.1, 0.15) is 23.6 Å². The molecule has 0 saturated heterocycles. The first kappa shape index (κ1) is 12.8. The fourth-order valence-corrected chi connectivity index (χ4v) is 2.10. The number of hydrogen-bond donors (Lipinski definition) is 1. The van der Waals surface area contributed by atoms with Crippen LogP contribution in [-0.2, 0) is 6.54 Å². The van der Waals surface area contributed by atoms with Gasteiger partial charge in [-0.25, -0.2) is 0 Å². The second-order valence-electron chi connectivity index (χ2n) is 4.63. The van der Waals surface area contributed by atoms with Crippen LogP contribution in [-0.4, -0.2) is 11.5 Å². The van der Waals surface area contributed by atoms with Gasteiger partial charge in [0.2, 0.25) is 0 Å². The molecular weight excluding hydrogens is 220 g/mol. The van der Waals surface area contributed by atoms with Gasteiger partial charge in [0.25, 0.3) is 0 Å². The summed E-state index contributed by atoms with van der Waals surface area (Å²) < 4.78 is 0. The lowest BCUT2D eigenvalue weighted by Crippen LogP contribution is -2.12. The van der Waals surface area contributed by atoms with Crippen LogP contribution >= 0.6 is 0 Å². The largest absolute Gasteiger partial charge is 0.313 e. The van der Waals surface area contributed by atoms with Crippen molar-refractivity contribution in [3.05, 3.63) is 53.3 Å². The summed E-state index contributed by atoms with van der Waals surface area (Å²) in [5.74, 6) is 0. The van der Waals surface area contributed by atoms with E-state index in [1.54, 1.807) is 0 Å². The third-order valence-electron chi connectivity index (χ3n) is 3.16. The highest BCUT2D eigenvalue weighted by molar-refractivity contribution is 5.70. The number of nitrogens with zero attached hydrogens (tertiary/aromatic N) is 1. The van der Waals surface area contributed by atoms with E-state index in [4.69, 9.17) is 0 Å². The summed E-state index contributed by atoms with van der Waals surface area (Å²) in [5, 5.41) is 3.39. The first-order chi connectivity index (χ1) is 8.72. The second kappa shape index (κ2) is 5.78. The molecule has 2 nitrogen and oxygen atoms in total. The van der Waals surface area contributed by atoms with Gasteiger partial charge in [0, 0.05) is 24.5 Å². The van der Waals surface area contributed by atoms with Crippen molar-refractivity contribution in [1.82, 2.24) is 10.3 Å². The van der Waals surface area contributed by atoms with Crippen molar-refractivity contribution in [2.24, 2.45) is 0 Å². The molecule has 0 amide bonds. The summed E-state index contributed by atoms with van der Waals surface area (Å²) >= 11 is 0. The summed E-state index contributed by atoms with van der Waals surface area (Å²) in [7, 11) is 0. The normalized spacial score (nSPS) is 10.6. The molecular formula is C16H20N2.